The summed E-state index contributed by atoms with van der Waals surface area (Å²) in [6.45, 7) is 0.224. The van der Waals surface area contributed by atoms with E-state index in [9.17, 15) is 4.79 Å². The van der Waals surface area contributed by atoms with Gasteiger partial charge in [0.25, 0.3) is 0 Å². The molecule has 6 heteroatoms. The summed E-state index contributed by atoms with van der Waals surface area (Å²) in [4.78, 5) is 12.2. The molecule has 1 amide bonds. The van der Waals surface area contributed by atoms with Crippen molar-refractivity contribution in [3.63, 3.8) is 0 Å². The maximum Gasteiger partial charge on any atom is 0.243 e. The summed E-state index contributed by atoms with van der Waals surface area (Å²) in [6, 6.07) is 13.8. The predicted octanol–water partition coefficient (Wildman–Crippen LogP) is 3.43. The molecule has 1 N–H and O–H groups in total. The molecule has 2 aromatic rings. The molecule has 0 saturated heterocycles. The largest absolute Gasteiger partial charge is 0.454 e. The van der Waals surface area contributed by atoms with Crippen LogP contribution in [0, 0.1) is 5.92 Å². The summed E-state index contributed by atoms with van der Waals surface area (Å²) >= 11 is 3.46. The topological polar surface area (TPSA) is 59.9 Å². The predicted molar refractivity (Wildman–Crippen MR) is 93.3 cm³/mol. The third kappa shape index (κ3) is 3.01. The van der Waals surface area contributed by atoms with E-state index in [1.54, 1.807) is 6.21 Å². The van der Waals surface area contributed by atoms with Gasteiger partial charge in [-0.05, 0) is 46.0 Å². The van der Waals surface area contributed by atoms with Crippen molar-refractivity contribution in [2.75, 3.05) is 6.79 Å². The lowest BCUT2D eigenvalue weighted by molar-refractivity contribution is -0.122. The van der Waals surface area contributed by atoms with Crippen LogP contribution in [-0.4, -0.2) is 18.9 Å². The first kappa shape index (κ1) is 15.2. The monoisotopic (exact) mass is 386 g/mol. The summed E-state index contributed by atoms with van der Waals surface area (Å²) in [5.41, 5.74) is 4.65. The lowest BCUT2D eigenvalue weighted by Gasteiger charge is -2.02. The highest BCUT2D eigenvalue weighted by atomic mass is 79.9. The van der Waals surface area contributed by atoms with Gasteiger partial charge >= 0.3 is 0 Å². The first-order chi connectivity index (χ1) is 11.7. The minimum atomic E-state index is -0.0445. The van der Waals surface area contributed by atoms with Crippen molar-refractivity contribution in [3.05, 3.63) is 58.1 Å². The summed E-state index contributed by atoms with van der Waals surface area (Å²) in [6.07, 6.45) is 2.48. The molecule has 1 heterocycles. The first-order valence-electron chi connectivity index (χ1n) is 7.69. The number of halogens is 1. The average Bonchev–Trinajstić information content (AvgIpc) is 3.28. The van der Waals surface area contributed by atoms with E-state index in [4.69, 9.17) is 9.47 Å². The number of amides is 1. The van der Waals surface area contributed by atoms with Gasteiger partial charge in [0.2, 0.25) is 12.7 Å². The molecule has 4 rings (SSSR count). The van der Waals surface area contributed by atoms with Crippen LogP contribution in [0.1, 0.15) is 23.5 Å². The van der Waals surface area contributed by atoms with Crippen LogP contribution in [0.15, 0.2) is 52.0 Å². The fourth-order valence-electron chi connectivity index (χ4n) is 2.83. The fraction of sp³-hybridized carbons (Fsp3) is 0.222. The maximum absolute atomic E-state index is 12.2. The van der Waals surface area contributed by atoms with Gasteiger partial charge < -0.3 is 9.47 Å². The summed E-state index contributed by atoms with van der Waals surface area (Å²) in [5.74, 6) is 1.64. The molecule has 122 valence electrons. The molecule has 2 aliphatic rings. The average molecular weight is 387 g/mol. The van der Waals surface area contributed by atoms with Crippen LogP contribution >= 0.6 is 15.9 Å². The van der Waals surface area contributed by atoms with Gasteiger partial charge in [0, 0.05) is 16.0 Å². The van der Waals surface area contributed by atoms with Crippen molar-refractivity contribution in [1.82, 2.24) is 5.43 Å². The highest BCUT2D eigenvalue weighted by Gasteiger charge is 2.43. The van der Waals surface area contributed by atoms with Crippen LogP contribution in [0.4, 0.5) is 0 Å². The van der Waals surface area contributed by atoms with Crippen LogP contribution < -0.4 is 14.9 Å². The number of nitrogens with one attached hydrogen (secondary N) is 1. The summed E-state index contributed by atoms with van der Waals surface area (Å²) in [5, 5.41) is 4.07. The number of hydrogen-bond donors (Lipinski definition) is 1. The normalized spacial score (nSPS) is 21.0. The van der Waals surface area contributed by atoms with E-state index >= 15 is 0 Å². The number of ether oxygens (including phenoxy) is 2. The Kier molecular flexibility index (Phi) is 3.98. The second kappa shape index (κ2) is 6.28. The maximum atomic E-state index is 12.2. The van der Waals surface area contributed by atoms with E-state index in [0.29, 0.717) is 17.4 Å². The Morgan fingerprint density at radius 2 is 1.96 bits per heavy atom. The van der Waals surface area contributed by atoms with Gasteiger partial charge in [-0.3, -0.25) is 4.79 Å². The zero-order chi connectivity index (χ0) is 16.5. The molecule has 1 aliphatic heterocycles. The second-order valence-corrected chi connectivity index (χ2v) is 6.67. The molecule has 0 spiro atoms. The second-order valence-electron chi connectivity index (χ2n) is 5.82. The molecule has 0 unspecified atom stereocenters. The van der Waals surface area contributed by atoms with E-state index in [-0.39, 0.29) is 18.6 Å². The number of nitrogens with zero attached hydrogens (tertiary/aromatic N) is 1. The molecule has 2 aromatic carbocycles. The SMILES string of the molecule is O=C(N/N=C/c1cc2c(cc1Br)OCO2)[C@@H]1C[C@@H]1c1ccccc1. The lowest BCUT2D eigenvalue weighted by atomic mass is 10.1. The fourth-order valence-corrected chi connectivity index (χ4v) is 3.26. The van der Waals surface area contributed by atoms with Crippen LogP contribution in [0.25, 0.3) is 0 Å². The van der Waals surface area contributed by atoms with Crippen molar-refractivity contribution in [3.8, 4) is 11.5 Å². The number of hydrogen-bond acceptors (Lipinski definition) is 4. The van der Waals surface area contributed by atoms with Gasteiger partial charge in [0.1, 0.15) is 0 Å². The minimum Gasteiger partial charge on any atom is -0.454 e. The Morgan fingerprint density at radius 1 is 1.21 bits per heavy atom. The van der Waals surface area contributed by atoms with Gasteiger partial charge in [-0.15, -0.1) is 0 Å². The highest BCUT2D eigenvalue weighted by Crippen LogP contribution is 2.47. The number of benzene rings is 2. The Morgan fingerprint density at radius 3 is 2.75 bits per heavy atom. The Bertz CT molecular complexity index is 807. The molecule has 0 bridgehead atoms. The van der Waals surface area contributed by atoms with Gasteiger partial charge in [-0.1, -0.05) is 30.3 Å². The molecule has 2 atom stereocenters. The zero-order valence-electron chi connectivity index (χ0n) is 12.7. The van der Waals surface area contributed by atoms with Crippen molar-refractivity contribution in [1.29, 1.82) is 0 Å². The smallest absolute Gasteiger partial charge is 0.243 e. The van der Waals surface area contributed by atoms with Gasteiger partial charge in [0.05, 0.1) is 6.21 Å². The molecule has 0 aromatic heterocycles. The van der Waals surface area contributed by atoms with Crippen molar-refractivity contribution in [2.45, 2.75) is 12.3 Å². The quantitative estimate of drug-likeness (QED) is 0.646. The van der Waals surface area contributed by atoms with E-state index in [0.717, 1.165) is 16.5 Å². The standard InChI is InChI=1S/C18H15BrN2O3/c19-15-8-17-16(23-10-24-17)6-12(15)9-20-21-18(22)14-7-13(14)11-4-2-1-3-5-11/h1-6,8-9,13-14H,7,10H2,(H,21,22)/b20-9+/t13-,14-/m1/s1. The summed E-state index contributed by atoms with van der Waals surface area (Å²) < 4.78 is 11.5. The summed E-state index contributed by atoms with van der Waals surface area (Å²) in [7, 11) is 0. The van der Waals surface area contributed by atoms with Crippen molar-refractivity contribution >= 4 is 28.1 Å². The lowest BCUT2D eigenvalue weighted by Crippen LogP contribution is -2.20. The van der Waals surface area contributed by atoms with E-state index < -0.39 is 0 Å². The van der Waals surface area contributed by atoms with Gasteiger partial charge in [0.15, 0.2) is 11.5 Å². The molecule has 24 heavy (non-hydrogen) atoms. The van der Waals surface area contributed by atoms with Gasteiger partial charge in [-0.25, -0.2) is 5.43 Å². The molecule has 1 aliphatic carbocycles. The molecule has 1 saturated carbocycles. The number of rotatable bonds is 4. The Labute approximate surface area is 147 Å². The van der Waals surface area contributed by atoms with E-state index in [2.05, 4.69) is 38.6 Å². The number of fused-ring (bicyclic) bond motifs is 1. The molecular formula is C18H15BrN2O3. The van der Waals surface area contributed by atoms with Crippen LogP contribution in [0.5, 0.6) is 11.5 Å². The van der Waals surface area contributed by atoms with Crippen LogP contribution in [0.2, 0.25) is 0 Å². The Balaban J connectivity index is 1.37. The van der Waals surface area contributed by atoms with Crippen LogP contribution in [0.3, 0.4) is 0 Å². The minimum absolute atomic E-state index is 0.00439. The van der Waals surface area contributed by atoms with E-state index in [1.165, 1.54) is 5.56 Å². The number of carbonyl (C=O) groups is 1. The van der Waals surface area contributed by atoms with E-state index in [1.807, 2.05) is 30.3 Å². The molecule has 1 fully saturated rings. The van der Waals surface area contributed by atoms with Gasteiger partial charge in [-0.2, -0.15) is 5.10 Å². The first-order valence-corrected chi connectivity index (χ1v) is 8.48. The molecule has 0 radical (unpaired) electrons. The highest BCUT2D eigenvalue weighted by molar-refractivity contribution is 9.10. The van der Waals surface area contributed by atoms with Crippen LogP contribution in [-0.2, 0) is 4.79 Å². The van der Waals surface area contributed by atoms with Crippen molar-refractivity contribution in [2.24, 2.45) is 11.0 Å². The third-order valence-electron chi connectivity index (χ3n) is 4.23. The molecular weight excluding hydrogens is 372 g/mol. The zero-order valence-corrected chi connectivity index (χ0v) is 14.3. The number of hydrazone groups is 1. The van der Waals surface area contributed by atoms with Crippen molar-refractivity contribution < 1.29 is 14.3 Å². The molecule has 5 nitrogen and oxygen atoms in total. The third-order valence-corrected chi connectivity index (χ3v) is 4.91. The Hall–Kier alpha value is -2.34. The number of carbonyl (C=O) groups excluding carboxylic acids is 1.